The quantitative estimate of drug-likeness (QED) is 0.681. The third-order valence-electron chi connectivity index (χ3n) is 3.55. The van der Waals surface area contributed by atoms with E-state index in [0.717, 1.165) is 20.6 Å². The van der Waals surface area contributed by atoms with Gasteiger partial charge in [-0.15, -0.1) is 0 Å². The fourth-order valence-corrected chi connectivity index (χ4v) is 2.88. The van der Waals surface area contributed by atoms with Gasteiger partial charge in [0.1, 0.15) is 5.75 Å². The second-order valence-electron chi connectivity index (χ2n) is 5.17. The van der Waals surface area contributed by atoms with Crippen LogP contribution in [-0.2, 0) is 11.2 Å². The van der Waals surface area contributed by atoms with E-state index in [2.05, 4.69) is 33.2 Å². The monoisotopic (exact) mass is 438 g/mol. The summed E-state index contributed by atoms with van der Waals surface area (Å²) in [4.78, 5) is 23.5. The van der Waals surface area contributed by atoms with Gasteiger partial charge < -0.3 is 15.4 Å². The molecule has 0 aromatic heterocycles. The van der Waals surface area contributed by atoms with Gasteiger partial charge in [-0.2, -0.15) is 0 Å². The van der Waals surface area contributed by atoms with Crippen molar-refractivity contribution < 1.29 is 14.3 Å². The number of benzene rings is 2. The third kappa shape index (κ3) is 4.95. The first kappa shape index (κ1) is 18.3. The predicted molar refractivity (Wildman–Crippen MR) is 102 cm³/mol. The van der Waals surface area contributed by atoms with Crippen molar-refractivity contribution in [3.8, 4) is 5.75 Å². The van der Waals surface area contributed by atoms with Gasteiger partial charge in [0.2, 0.25) is 5.91 Å². The van der Waals surface area contributed by atoms with Gasteiger partial charge in [0.25, 0.3) is 5.91 Å². The van der Waals surface area contributed by atoms with Gasteiger partial charge in [0.05, 0.1) is 10.7 Å². The highest BCUT2D eigenvalue weighted by molar-refractivity contribution is 14.1. The lowest BCUT2D eigenvalue weighted by Crippen LogP contribution is -2.17. The van der Waals surface area contributed by atoms with Gasteiger partial charge in [-0.1, -0.05) is 12.1 Å². The molecule has 0 saturated carbocycles. The molecule has 2 aromatic carbocycles. The lowest BCUT2D eigenvalue weighted by atomic mass is 10.1. The van der Waals surface area contributed by atoms with E-state index in [0.29, 0.717) is 18.4 Å². The van der Waals surface area contributed by atoms with Crippen LogP contribution in [0.4, 0.5) is 5.69 Å². The second kappa shape index (κ2) is 8.68. The van der Waals surface area contributed by atoms with Crippen molar-refractivity contribution in [3.63, 3.8) is 0 Å². The average Bonchev–Trinajstić information content (AvgIpc) is 2.60. The van der Waals surface area contributed by atoms with Gasteiger partial charge in [-0.3, -0.25) is 9.59 Å². The Balaban J connectivity index is 1.99. The number of nitrogens with one attached hydrogen (secondary N) is 2. The molecule has 0 bridgehead atoms. The average molecular weight is 438 g/mol. The van der Waals surface area contributed by atoms with E-state index in [1.54, 1.807) is 32.4 Å². The number of aryl methyl sites for hydroxylation is 1. The molecule has 0 aliphatic heterocycles. The van der Waals surface area contributed by atoms with Crippen LogP contribution in [0.5, 0.6) is 5.75 Å². The molecule has 0 heterocycles. The van der Waals surface area contributed by atoms with Crippen LogP contribution in [0.3, 0.4) is 0 Å². The molecule has 2 aromatic rings. The summed E-state index contributed by atoms with van der Waals surface area (Å²) < 4.78 is 6.07. The fraction of sp³-hybridized carbons (Fsp3) is 0.222. The van der Waals surface area contributed by atoms with Gasteiger partial charge in [-0.05, 0) is 64.9 Å². The van der Waals surface area contributed by atoms with Gasteiger partial charge in [-0.25, -0.2) is 0 Å². The molecule has 2 amide bonds. The lowest BCUT2D eigenvalue weighted by molar-refractivity contribution is -0.120. The number of carbonyl (C=O) groups excluding carboxylic acids is 2. The van der Waals surface area contributed by atoms with Crippen molar-refractivity contribution in [1.82, 2.24) is 5.32 Å². The summed E-state index contributed by atoms with van der Waals surface area (Å²) in [6.45, 7) is 0. The number of ether oxygens (including phenoxy) is 1. The number of hydrogen-bond acceptors (Lipinski definition) is 3. The minimum absolute atomic E-state index is 0.0153. The molecule has 6 heteroatoms. The number of methoxy groups -OCH3 is 1. The minimum Gasteiger partial charge on any atom is -0.496 e. The van der Waals surface area contributed by atoms with Crippen molar-refractivity contribution in [2.45, 2.75) is 12.8 Å². The number of anilines is 1. The zero-order chi connectivity index (χ0) is 17.5. The summed E-state index contributed by atoms with van der Waals surface area (Å²) in [7, 11) is 3.23. The number of amides is 2. The maximum absolute atomic E-state index is 12.3. The summed E-state index contributed by atoms with van der Waals surface area (Å²) in [6.07, 6.45) is 1.12. The maximum Gasteiger partial charge on any atom is 0.255 e. The maximum atomic E-state index is 12.3. The summed E-state index contributed by atoms with van der Waals surface area (Å²) in [6, 6.07) is 12.8. The Morgan fingerprint density at radius 2 is 1.83 bits per heavy atom. The number of halogens is 1. The summed E-state index contributed by atoms with van der Waals surface area (Å²) in [5.74, 6) is 0.586. The molecule has 5 nitrogen and oxygen atoms in total. The van der Waals surface area contributed by atoms with Gasteiger partial charge >= 0.3 is 0 Å². The number of hydrogen-bond donors (Lipinski definition) is 2. The molecule has 0 unspecified atom stereocenters. The largest absolute Gasteiger partial charge is 0.496 e. The molecule has 0 radical (unpaired) electrons. The molecule has 0 saturated heterocycles. The molecular formula is C18H19IN2O3. The SMILES string of the molecule is CNC(=O)CCc1ccc(NC(=O)c2ccc(OC)c(I)c2)cc1. The predicted octanol–water partition coefficient (Wildman–Crippen LogP) is 3.23. The molecule has 0 spiro atoms. The van der Waals surface area contributed by atoms with Crippen LogP contribution in [0.1, 0.15) is 22.3 Å². The van der Waals surface area contributed by atoms with E-state index in [1.807, 2.05) is 24.3 Å². The molecular weight excluding hydrogens is 419 g/mol. The normalized spacial score (nSPS) is 10.1. The van der Waals surface area contributed by atoms with Crippen molar-refractivity contribution in [2.24, 2.45) is 0 Å². The van der Waals surface area contributed by atoms with Crippen LogP contribution in [0.25, 0.3) is 0 Å². The standard InChI is InChI=1S/C18H19IN2O3/c1-20-17(22)10-5-12-3-7-14(8-4-12)21-18(23)13-6-9-16(24-2)15(19)11-13/h3-4,6-9,11H,5,10H2,1-2H3,(H,20,22)(H,21,23). The smallest absolute Gasteiger partial charge is 0.255 e. The highest BCUT2D eigenvalue weighted by Gasteiger charge is 2.09. The summed E-state index contributed by atoms with van der Waals surface area (Å²) in [5, 5.41) is 5.46. The first-order valence-corrected chi connectivity index (χ1v) is 8.55. The number of carbonyl (C=O) groups is 2. The second-order valence-corrected chi connectivity index (χ2v) is 6.34. The molecule has 126 valence electrons. The van der Waals surface area contributed by atoms with E-state index in [9.17, 15) is 9.59 Å². The zero-order valence-corrected chi connectivity index (χ0v) is 15.7. The van der Waals surface area contributed by atoms with E-state index in [-0.39, 0.29) is 11.8 Å². The van der Waals surface area contributed by atoms with E-state index >= 15 is 0 Å². The van der Waals surface area contributed by atoms with Crippen LogP contribution >= 0.6 is 22.6 Å². The van der Waals surface area contributed by atoms with Crippen molar-refractivity contribution >= 4 is 40.1 Å². The van der Waals surface area contributed by atoms with Crippen LogP contribution < -0.4 is 15.4 Å². The van der Waals surface area contributed by atoms with E-state index < -0.39 is 0 Å². The minimum atomic E-state index is -0.173. The molecule has 2 N–H and O–H groups in total. The Hall–Kier alpha value is -2.09. The highest BCUT2D eigenvalue weighted by atomic mass is 127. The Morgan fingerprint density at radius 1 is 1.12 bits per heavy atom. The Kier molecular flexibility index (Phi) is 6.60. The Bertz CT molecular complexity index is 730. The fourth-order valence-electron chi connectivity index (χ4n) is 2.15. The Labute approximate surface area is 154 Å². The highest BCUT2D eigenvalue weighted by Crippen LogP contribution is 2.22. The topological polar surface area (TPSA) is 67.4 Å². The van der Waals surface area contributed by atoms with Crippen molar-refractivity contribution in [1.29, 1.82) is 0 Å². The van der Waals surface area contributed by atoms with Gasteiger partial charge in [0.15, 0.2) is 0 Å². The molecule has 0 atom stereocenters. The van der Waals surface area contributed by atoms with Crippen molar-refractivity contribution in [3.05, 3.63) is 57.2 Å². The first-order chi connectivity index (χ1) is 11.5. The van der Waals surface area contributed by atoms with Crippen LogP contribution in [0.2, 0.25) is 0 Å². The summed E-state index contributed by atoms with van der Waals surface area (Å²) in [5.41, 5.74) is 2.34. The summed E-state index contributed by atoms with van der Waals surface area (Å²) >= 11 is 2.13. The molecule has 0 aliphatic rings. The molecule has 24 heavy (non-hydrogen) atoms. The number of rotatable bonds is 6. The Morgan fingerprint density at radius 3 is 2.42 bits per heavy atom. The molecule has 2 rings (SSSR count). The first-order valence-electron chi connectivity index (χ1n) is 7.48. The third-order valence-corrected chi connectivity index (χ3v) is 4.39. The van der Waals surface area contributed by atoms with E-state index in [4.69, 9.17) is 4.74 Å². The van der Waals surface area contributed by atoms with Crippen LogP contribution in [0.15, 0.2) is 42.5 Å². The van der Waals surface area contributed by atoms with Crippen molar-refractivity contribution in [2.75, 3.05) is 19.5 Å². The van der Waals surface area contributed by atoms with E-state index in [1.165, 1.54) is 0 Å². The van der Waals surface area contributed by atoms with Crippen LogP contribution in [0, 0.1) is 3.57 Å². The van der Waals surface area contributed by atoms with Gasteiger partial charge in [0, 0.05) is 24.7 Å². The zero-order valence-electron chi connectivity index (χ0n) is 13.6. The lowest BCUT2D eigenvalue weighted by Gasteiger charge is -2.08. The molecule has 0 aliphatic carbocycles. The molecule has 0 fully saturated rings. The van der Waals surface area contributed by atoms with Crippen LogP contribution in [-0.4, -0.2) is 26.0 Å².